The number of carbonyl (C=O) groups is 2. The van der Waals surface area contributed by atoms with E-state index in [1.165, 1.54) is 0 Å². The van der Waals surface area contributed by atoms with E-state index in [-0.39, 0.29) is 58.2 Å². The maximum absolute atomic E-state index is 10.4. The summed E-state index contributed by atoms with van der Waals surface area (Å²) in [6, 6.07) is 0. The Hall–Kier alpha value is 0.745. The second-order valence-electron chi connectivity index (χ2n) is 1.79. The van der Waals surface area contributed by atoms with Crippen molar-refractivity contribution in [3.05, 3.63) is 0 Å². The molecule has 0 heterocycles. The topological polar surface area (TPSA) is 63.6 Å². The van der Waals surface area contributed by atoms with Gasteiger partial charge in [0.2, 0.25) is 0 Å². The van der Waals surface area contributed by atoms with Gasteiger partial charge >= 0.3 is 70.1 Å². The molecule has 0 radical (unpaired) electrons. The third kappa shape index (κ3) is 10.7. The third-order valence-corrected chi connectivity index (χ3v) is 0.763. The van der Waals surface area contributed by atoms with Crippen LogP contribution in [0.25, 0.3) is 0 Å². The Morgan fingerprint density at radius 3 is 2.36 bits per heavy atom. The predicted molar refractivity (Wildman–Crippen MR) is 40.7 cm³/mol. The van der Waals surface area contributed by atoms with Crippen molar-refractivity contribution in [2.75, 3.05) is 6.61 Å². The van der Waals surface area contributed by atoms with E-state index in [9.17, 15) is 9.59 Å². The van der Waals surface area contributed by atoms with Gasteiger partial charge in [0.25, 0.3) is 0 Å². The molecule has 0 aromatic heterocycles. The van der Waals surface area contributed by atoms with E-state index in [0.29, 0.717) is 13.0 Å². The van der Waals surface area contributed by atoms with Crippen LogP contribution in [0.5, 0.6) is 0 Å². The van der Waals surface area contributed by atoms with Crippen molar-refractivity contribution in [3.63, 3.8) is 0 Å². The van der Waals surface area contributed by atoms with Gasteiger partial charge in [-0.15, -0.1) is 0 Å². The molecule has 0 unspecified atom stereocenters. The fourth-order valence-corrected chi connectivity index (χ4v) is 0.390. The summed E-state index contributed by atoms with van der Waals surface area (Å²) in [4.78, 5) is 20.3. The van der Waals surface area contributed by atoms with Crippen LogP contribution in [0.2, 0.25) is 0 Å². The van der Waals surface area contributed by atoms with Crippen molar-refractivity contribution in [1.82, 2.24) is 0 Å². The van der Waals surface area contributed by atoms with Gasteiger partial charge < -0.3 is 9.84 Å². The van der Waals surface area contributed by atoms with Crippen molar-refractivity contribution in [2.24, 2.45) is 0 Å². The van der Waals surface area contributed by atoms with Crippen molar-refractivity contribution in [3.8, 4) is 0 Å². The van der Waals surface area contributed by atoms with Crippen LogP contribution in [0.15, 0.2) is 0 Å². The molecule has 0 amide bonds. The number of hydrogen-bond acceptors (Lipinski definition) is 3. The fourth-order valence-electron chi connectivity index (χ4n) is 0.390. The number of carboxylic acids is 1. The Balaban J connectivity index is 0. The number of ether oxygens (including phenoxy) is 1. The summed E-state index contributed by atoms with van der Waals surface area (Å²) in [5, 5.41) is 8.08. The van der Waals surface area contributed by atoms with Crippen molar-refractivity contribution in [1.29, 1.82) is 0 Å². The number of aliphatic carboxylic acids is 1. The first-order chi connectivity index (χ1) is 4.66. The van der Waals surface area contributed by atoms with Crippen LogP contribution in [-0.4, -0.2) is 81.8 Å². The average molecular weight is 233 g/mol. The molecule has 4 nitrogen and oxygen atoms in total. The Kier molecular flexibility index (Phi) is 11.5. The molecule has 0 saturated carbocycles. The van der Waals surface area contributed by atoms with Gasteiger partial charge in [0.05, 0.1) is 6.61 Å². The molecule has 0 aromatic rings. The summed E-state index contributed by atoms with van der Waals surface area (Å²) in [7, 11) is 0. The zero-order chi connectivity index (χ0) is 7.98. The first-order valence-corrected chi connectivity index (χ1v) is 3.04. The van der Waals surface area contributed by atoms with Gasteiger partial charge in [-0.1, -0.05) is 6.92 Å². The molecule has 0 rings (SSSR count). The second kappa shape index (κ2) is 8.84. The van der Waals surface area contributed by atoms with Crippen LogP contribution >= 0.6 is 0 Å². The Morgan fingerprint density at radius 2 is 2.00 bits per heavy atom. The van der Waals surface area contributed by atoms with E-state index in [2.05, 4.69) is 4.74 Å². The van der Waals surface area contributed by atoms with Gasteiger partial charge in [-0.05, 0) is 6.42 Å². The standard InChI is InChI=1S/C6H10O4.Rb.H/c1-2-3-10-6(9)4-5(7)8;;/h2-4H2,1H3,(H,7,8);;. The molecule has 1 N–H and O–H groups in total. The van der Waals surface area contributed by atoms with E-state index < -0.39 is 18.4 Å². The number of rotatable bonds is 4. The Morgan fingerprint density at radius 1 is 1.45 bits per heavy atom. The molecule has 0 aliphatic heterocycles. The predicted octanol–water partition coefficient (Wildman–Crippen LogP) is -0.234. The third-order valence-electron chi connectivity index (χ3n) is 0.763. The maximum atomic E-state index is 10.4. The van der Waals surface area contributed by atoms with Crippen LogP contribution < -0.4 is 0 Å². The summed E-state index contributed by atoms with van der Waals surface area (Å²) in [5.41, 5.74) is 0. The fraction of sp³-hybridized carbons (Fsp3) is 0.667. The average Bonchev–Trinajstić information content (AvgIpc) is 1.82. The summed E-state index contributed by atoms with van der Waals surface area (Å²) in [6.45, 7) is 2.14. The molecule has 0 saturated heterocycles. The molecule has 60 valence electrons. The van der Waals surface area contributed by atoms with E-state index in [0.717, 1.165) is 0 Å². The Bertz CT molecular complexity index is 135. The van der Waals surface area contributed by atoms with Crippen molar-refractivity contribution in [2.45, 2.75) is 19.8 Å². The van der Waals surface area contributed by atoms with E-state index in [1.54, 1.807) is 0 Å². The summed E-state index contributed by atoms with van der Waals surface area (Å²) >= 11 is 0. The van der Waals surface area contributed by atoms with Crippen LogP contribution in [0.4, 0.5) is 0 Å². The first-order valence-electron chi connectivity index (χ1n) is 3.04. The van der Waals surface area contributed by atoms with Crippen molar-refractivity contribution >= 4 is 70.1 Å². The van der Waals surface area contributed by atoms with Crippen LogP contribution in [-0.2, 0) is 14.3 Å². The normalized spacial score (nSPS) is 8.09. The SMILES string of the molecule is CCCOC(=O)CC(=O)O.[RbH]. The van der Waals surface area contributed by atoms with E-state index >= 15 is 0 Å². The molecular weight excluding hydrogens is 222 g/mol. The number of carbonyl (C=O) groups excluding carboxylic acids is 1. The molecule has 0 spiro atoms. The monoisotopic (exact) mass is 232 g/mol. The first kappa shape index (κ1) is 14.3. The number of hydrogen-bond donors (Lipinski definition) is 1. The van der Waals surface area contributed by atoms with Gasteiger partial charge in [0.1, 0.15) is 6.42 Å². The summed E-state index contributed by atoms with van der Waals surface area (Å²) in [6.07, 6.45) is 0.172. The molecule has 11 heavy (non-hydrogen) atoms. The van der Waals surface area contributed by atoms with Gasteiger partial charge in [-0.2, -0.15) is 0 Å². The molecule has 0 fully saturated rings. The molecule has 0 atom stereocenters. The quantitative estimate of drug-likeness (QED) is 0.537. The molecule has 0 aromatic carbocycles. The van der Waals surface area contributed by atoms with Gasteiger partial charge in [0, 0.05) is 0 Å². The Labute approximate surface area is 114 Å². The molecule has 5 heteroatoms. The molecule has 0 aliphatic rings. The van der Waals surface area contributed by atoms with Crippen molar-refractivity contribution < 1.29 is 19.4 Å². The van der Waals surface area contributed by atoms with E-state index in [4.69, 9.17) is 5.11 Å². The van der Waals surface area contributed by atoms with Crippen LogP contribution in [0.3, 0.4) is 0 Å². The minimum atomic E-state index is -1.15. The molecule has 0 bridgehead atoms. The zero-order valence-electron chi connectivity index (χ0n) is 5.79. The van der Waals surface area contributed by atoms with Crippen LogP contribution in [0.1, 0.15) is 19.8 Å². The zero-order valence-corrected chi connectivity index (χ0v) is 5.79. The molecule has 0 aliphatic carbocycles. The number of esters is 1. The van der Waals surface area contributed by atoms with Gasteiger partial charge in [-0.3, -0.25) is 9.59 Å². The molecular formula is C6H11O4Rb. The summed E-state index contributed by atoms with van der Waals surface area (Å²) in [5.74, 6) is -1.82. The van der Waals surface area contributed by atoms with Crippen LogP contribution in [0, 0.1) is 0 Å². The minimum absolute atomic E-state index is 0. The summed E-state index contributed by atoms with van der Waals surface area (Å²) < 4.78 is 4.48. The number of carboxylic acid groups (broad SMARTS) is 1. The van der Waals surface area contributed by atoms with Gasteiger partial charge in [-0.25, -0.2) is 0 Å². The van der Waals surface area contributed by atoms with Gasteiger partial charge in [0.15, 0.2) is 0 Å². The van der Waals surface area contributed by atoms with E-state index in [1.807, 2.05) is 6.92 Å². The second-order valence-corrected chi connectivity index (χ2v) is 1.79.